The molecule has 0 saturated carbocycles. The van der Waals surface area contributed by atoms with Crippen molar-refractivity contribution in [1.29, 1.82) is 0 Å². The molecule has 0 bridgehead atoms. The van der Waals surface area contributed by atoms with Gasteiger partial charge in [0.15, 0.2) is 0 Å². The minimum Gasteiger partial charge on any atom is -0.390 e. The third-order valence-electron chi connectivity index (χ3n) is 3.81. The van der Waals surface area contributed by atoms with Gasteiger partial charge in [-0.25, -0.2) is 9.59 Å². The number of hydrogen-bond acceptors (Lipinski definition) is 6. The molecule has 5 nitrogen and oxygen atoms in total. The van der Waals surface area contributed by atoms with Gasteiger partial charge >= 0.3 is 11.9 Å². The van der Waals surface area contributed by atoms with Crippen molar-refractivity contribution >= 4 is 35.3 Å². The third-order valence-corrected chi connectivity index (χ3v) is 4.07. The van der Waals surface area contributed by atoms with Crippen molar-refractivity contribution in [2.45, 2.75) is 18.6 Å². The van der Waals surface area contributed by atoms with E-state index in [0.717, 1.165) is 0 Å². The zero-order valence-electron chi connectivity index (χ0n) is 11.5. The van der Waals surface area contributed by atoms with Crippen LogP contribution in [-0.2, 0) is 4.74 Å². The van der Waals surface area contributed by atoms with E-state index in [1.165, 1.54) is 6.07 Å². The van der Waals surface area contributed by atoms with Gasteiger partial charge in [0, 0.05) is 5.39 Å². The lowest BCUT2D eigenvalue weighted by Crippen LogP contribution is -2.22. The van der Waals surface area contributed by atoms with E-state index in [4.69, 9.17) is 0 Å². The molecule has 2 unspecified atom stereocenters. The summed E-state index contributed by atoms with van der Waals surface area (Å²) in [7, 11) is 0. The van der Waals surface area contributed by atoms with Crippen LogP contribution >= 0.6 is 12.6 Å². The number of cyclic esters (lactones) is 2. The Hall–Kier alpha value is -1.89. The fourth-order valence-electron chi connectivity index (χ4n) is 2.72. The van der Waals surface area contributed by atoms with E-state index >= 15 is 0 Å². The van der Waals surface area contributed by atoms with Crippen LogP contribution in [0.3, 0.4) is 0 Å². The molecule has 1 heterocycles. The Kier molecular flexibility index (Phi) is 3.90. The van der Waals surface area contributed by atoms with Crippen molar-refractivity contribution < 1.29 is 24.5 Å². The van der Waals surface area contributed by atoms with Crippen molar-refractivity contribution in [2.24, 2.45) is 0 Å². The van der Waals surface area contributed by atoms with Crippen LogP contribution in [-0.4, -0.2) is 34.0 Å². The lowest BCUT2D eigenvalue weighted by molar-refractivity contribution is 0.0181. The van der Waals surface area contributed by atoms with Gasteiger partial charge in [-0.15, -0.1) is 0 Å². The zero-order chi connectivity index (χ0) is 15.9. The van der Waals surface area contributed by atoms with Crippen LogP contribution in [0.2, 0.25) is 0 Å². The highest BCUT2D eigenvalue weighted by Gasteiger charge is 2.29. The normalized spacial score (nSPS) is 16.5. The minimum absolute atomic E-state index is 0.282. The molecule has 0 amide bonds. The summed E-state index contributed by atoms with van der Waals surface area (Å²) in [5.74, 6) is -0.971. The maximum atomic E-state index is 11.8. The molecule has 0 radical (unpaired) electrons. The lowest BCUT2D eigenvalue weighted by atomic mass is 9.90. The fourth-order valence-corrected chi connectivity index (χ4v) is 2.98. The van der Waals surface area contributed by atoms with Crippen molar-refractivity contribution in [3.8, 4) is 0 Å². The summed E-state index contributed by atoms with van der Waals surface area (Å²) in [5, 5.41) is 21.3. The van der Waals surface area contributed by atoms with E-state index < -0.39 is 24.1 Å². The molecule has 22 heavy (non-hydrogen) atoms. The summed E-state index contributed by atoms with van der Waals surface area (Å²) >= 11 is 4.04. The number of hydrogen-bond donors (Lipinski definition) is 3. The number of carbonyl (C=O) groups excluding carboxylic acids is 2. The quantitative estimate of drug-likeness (QED) is 0.455. The molecule has 3 rings (SSSR count). The molecule has 0 spiro atoms. The van der Waals surface area contributed by atoms with Crippen LogP contribution in [0.4, 0.5) is 0 Å². The van der Waals surface area contributed by atoms with Crippen molar-refractivity contribution in [3.05, 3.63) is 47.0 Å². The van der Waals surface area contributed by atoms with E-state index in [9.17, 15) is 19.8 Å². The van der Waals surface area contributed by atoms with E-state index in [0.29, 0.717) is 28.5 Å². The van der Waals surface area contributed by atoms with Crippen LogP contribution in [0.25, 0.3) is 10.8 Å². The molecule has 1 aliphatic rings. The highest BCUT2D eigenvalue weighted by atomic mass is 32.1. The molecule has 1 aliphatic heterocycles. The maximum absolute atomic E-state index is 11.8. The van der Waals surface area contributed by atoms with E-state index in [2.05, 4.69) is 17.4 Å². The van der Waals surface area contributed by atoms with Crippen molar-refractivity contribution in [2.75, 3.05) is 5.75 Å². The number of thiol groups is 1. The first kappa shape index (κ1) is 15.0. The molecule has 0 saturated heterocycles. The Balaban J connectivity index is 2.22. The van der Waals surface area contributed by atoms with Gasteiger partial charge in [-0.3, -0.25) is 0 Å². The van der Waals surface area contributed by atoms with Crippen LogP contribution in [0, 0.1) is 0 Å². The molecular formula is C16H14O5S. The molecule has 2 aromatic rings. The number of aliphatic hydroxyl groups is 2. The predicted octanol–water partition coefficient (Wildman–Crippen LogP) is 1.86. The smallest absolute Gasteiger partial charge is 0.346 e. The molecule has 2 N–H and O–H groups in total. The number of esters is 2. The SMILES string of the molecule is O=C1OC(=O)c2ccc(C(O)C(O)CCS)c3cccc1c23. The molecule has 0 aliphatic carbocycles. The van der Waals surface area contributed by atoms with Crippen molar-refractivity contribution in [1.82, 2.24) is 0 Å². The van der Waals surface area contributed by atoms with Gasteiger partial charge in [-0.1, -0.05) is 18.2 Å². The highest BCUT2D eigenvalue weighted by molar-refractivity contribution is 7.80. The Morgan fingerprint density at radius 3 is 2.41 bits per heavy atom. The van der Waals surface area contributed by atoms with Crippen LogP contribution < -0.4 is 0 Å². The van der Waals surface area contributed by atoms with Crippen LogP contribution in [0.5, 0.6) is 0 Å². The molecule has 0 fully saturated rings. The van der Waals surface area contributed by atoms with E-state index in [1.54, 1.807) is 24.3 Å². The fraction of sp³-hybridized carbons (Fsp3) is 0.250. The van der Waals surface area contributed by atoms with Gasteiger partial charge < -0.3 is 14.9 Å². The monoisotopic (exact) mass is 318 g/mol. The van der Waals surface area contributed by atoms with Gasteiger partial charge in [0.1, 0.15) is 6.10 Å². The lowest BCUT2D eigenvalue weighted by Gasteiger charge is -2.22. The summed E-state index contributed by atoms with van der Waals surface area (Å²) in [6, 6.07) is 8.01. The number of ether oxygens (including phenoxy) is 1. The minimum atomic E-state index is -1.12. The first-order chi connectivity index (χ1) is 10.5. The molecular weight excluding hydrogens is 304 g/mol. The predicted molar refractivity (Wildman–Crippen MR) is 83.1 cm³/mol. The van der Waals surface area contributed by atoms with Gasteiger partial charge in [0.25, 0.3) is 0 Å². The van der Waals surface area contributed by atoms with Gasteiger partial charge in [-0.05, 0) is 35.3 Å². The molecule has 2 aromatic carbocycles. The Morgan fingerprint density at radius 2 is 1.73 bits per heavy atom. The largest absolute Gasteiger partial charge is 0.390 e. The number of benzene rings is 2. The standard InChI is InChI=1S/C16H14O5S/c17-12(6-7-22)14(18)9-4-5-11-13-8(9)2-1-3-10(13)15(19)21-16(11)20/h1-5,12,14,17-18,22H,6-7H2. The summed E-state index contributed by atoms with van der Waals surface area (Å²) < 4.78 is 4.69. The Bertz CT molecular complexity index is 750. The second-order valence-electron chi connectivity index (χ2n) is 5.13. The maximum Gasteiger partial charge on any atom is 0.346 e. The van der Waals surface area contributed by atoms with Crippen LogP contribution in [0.15, 0.2) is 30.3 Å². The van der Waals surface area contributed by atoms with Crippen LogP contribution in [0.1, 0.15) is 38.8 Å². The molecule has 6 heteroatoms. The Labute approximate surface area is 131 Å². The zero-order valence-corrected chi connectivity index (χ0v) is 12.4. The number of rotatable bonds is 4. The summed E-state index contributed by atoms with van der Waals surface area (Å²) in [6.07, 6.45) is -1.76. The third kappa shape index (κ3) is 2.29. The van der Waals surface area contributed by atoms with Gasteiger partial charge in [-0.2, -0.15) is 12.6 Å². The second kappa shape index (κ2) is 5.72. The van der Waals surface area contributed by atoms with Gasteiger partial charge in [0.2, 0.25) is 0 Å². The average molecular weight is 318 g/mol. The highest BCUT2D eigenvalue weighted by Crippen LogP contribution is 2.34. The van der Waals surface area contributed by atoms with Gasteiger partial charge in [0.05, 0.1) is 17.2 Å². The first-order valence-electron chi connectivity index (χ1n) is 6.83. The second-order valence-corrected chi connectivity index (χ2v) is 5.58. The molecule has 2 atom stereocenters. The average Bonchev–Trinajstić information content (AvgIpc) is 2.51. The first-order valence-corrected chi connectivity index (χ1v) is 7.47. The summed E-state index contributed by atoms with van der Waals surface area (Å²) in [6.45, 7) is 0. The molecule has 0 aromatic heterocycles. The van der Waals surface area contributed by atoms with E-state index in [-0.39, 0.29) is 11.1 Å². The Morgan fingerprint density at radius 1 is 1.05 bits per heavy atom. The summed E-state index contributed by atoms with van der Waals surface area (Å²) in [5.41, 5.74) is 1.03. The number of carbonyl (C=O) groups is 2. The van der Waals surface area contributed by atoms with Crippen molar-refractivity contribution in [3.63, 3.8) is 0 Å². The topological polar surface area (TPSA) is 83.8 Å². The summed E-state index contributed by atoms with van der Waals surface area (Å²) in [4.78, 5) is 23.7. The van der Waals surface area contributed by atoms with E-state index in [1.807, 2.05) is 0 Å². The number of aliphatic hydroxyl groups excluding tert-OH is 2. The molecule has 114 valence electrons.